The molecule has 0 radical (unpaired) electrons. The number of aromatic amines is 1. The van der Waals surface area contributed by atoms with Crippen LogP contribution in [0.15, 0.2) is 78.5 Å². The highest BCUT2D eigenvalue weighted by molar-refractivity contribution is 7.90. The number of hydrogen-bond acceptors (Lipinski definition) is 12. The smallest absolute Gasteiger partial charge is 0.269 e. The zero-order valence-electron chi connectivity index (χ0n) is 35.2. The standard InChI is InChI=1S/C25H27F2N5O3S.C18H21F2N5O/c1-15-5-7-17(8-6-15)36(34,35)32-14-19(18-11-16(26)12-29-24(18)32)22-28-13-20(27)23(31-22)30-21(9-10-33)25(2,3)4;1-18(2,3)14(4-5-26)24-17-13(20)9-23-16(25-17)12-8-22-15-11(12)6-10(19)7-21-15/h5-8,11-14,21,33H,9-10H2,1-4H3,(H,28,30,31);6-9,14,26H,4-5H2,1-3H3,(H,21,22)(H,23,24,25). The van der Waals surface area contributed by atoms with Gasteiger partial charge in [0.1, 0.15) is 17.3 Å². The number of halogens is 4. The first kappa shape index (κ1) is 45.5. The summed E-state index contributed by atoms with van der Waals surface area (Å²) in [5, 5.41) is 25.5. The van der Waals surface area contributed by atoms with Crippen molar-refractivity contribution < 1.29 is 36.2 Å². The molecular formula is C43H48F4N10O4S. The third kappa shape index (κ3) is 10.0. The van der Waals surface area contributed by atoms with E-state index in [9.17, 15) is 36.2 Å². The van der Waals surface area contributed by atoms with E-state index in [4.69, 9.17) is 0 Å². The van der Waals surface area contributed by atoms with Gasteiger partial charge in [-0.3, -0.25) is 0 Å². The summed E-state index contributed by atoms with van der Waals surface area (Å²) in [5.74, 6) is -2.28. The molecule has 0 fully saturated rings. The minimum absolute atomic E-state index is 0.00851. The predicted octanol–water partition coefficient (Wildman–Crippen LogP) is 8.03. The minimum atomic E-state index is -4.09. The van der Waals surface area contributed by atoms with Gasteiger partial charge < -0.3 is 25.8 Å². The highest BCUT2D eigenvalue weighted by Crippen LogP contribution is 2.34. The molecule has 0 amide bonds. The summed E-state index contributed by atoms with van der Waals surface area (Å²) < 4.78 is 84.4. The number of benzene rings is 1. The number of H-pyrrole nitrogens is 1. The van der Waals surface area contributed by atoms with E-state index in [1.807, 2.05) is 48.5 Å². The molecule has 0 bridgehead atoms. The van der Waals surface area contributed by atoms with Gasteiger partial charge >= 0.3 is 0 Å². The van der Waals surface area contributed by atoms with Crippen LogP contribution in [0.2, 0.25) is 0 Å². The average Bonchev–Trinajstić information content (AvgIpc) is 3.80. The molecule has 14 nitrogen and oxygen atoms in total. The summed E-state index contributed by atoms with van der Waals surface area (Å²) in [6.07, 6.45) is 7.76. The van der Waals surface area contributed by atoms with E-state index in [1.165, 1.54) is 24.4 Å². The van der Waals surface area contributed by atoms with Crippen LogP contribution in [-0.4, -0.2) is 82.8 Å². The Morgan fingerprint density at radius 2 is 1.21 bits per heavy atom. The van der Waals surface area contributed by atoms with Crippen LogP contribution in [0.1, 0.15) is 59.9 Å². The fourth-order valence-electron chi connectivity index (χ4n) is 6.63. The molecule has 328 valence electrons. The number of aromatic nitrogens is 8. The Morgan fingerprint density at radius 1 is 0.710 bits per heavy atom. The van der Waals surface area contributed by atoms with E-state index in [2.05, 4.69) is 45.5 Å². The van der Waals surface area contributed by atoms with Crippen LogP contribution in [0.4, 0.5) is 29.2 Å². The maximum atomic E-state index is 14.7. The molecule has 0 aliphatic heterocycles. The molecule has 2 unspecified atom stereocenters. The van der Waals surface area contributed by atoms with Gasteiger partial charge in [0, 0.05) is 59.6 Å². The second kappa shape index (κ2) is 18.1. The Labute approximate surface area is 356 Å². The molecule has 0 saturated carbocycles. The van der Waals surface area contributed by atoms with E-state index >= 15 is 0 Å². The SMILES string of the molecule is CC(C)(C)C(CCO)Nc1nc(-c2c[nH]c3ncc(F)cc23)ncc1F.Cc1ccc(S(=O)(=O)n2cc(-c3ncc(F)c(NC(CCO)C(C)(C)C)n3)c3cc(F)cnc32)cc1. The lowest BCUT2D eigenvalue weighted by Gasteiger charge is -2.31. The van der Waals surface area contributed by atoms with Crippen LogP contribution in [0.5, 0.6) is 0 Å². The summed E-state index contributed by atoms with van der Waals surface area (Å²) in [6.45, 7) is 13.5. The number of hydrogen-bond donors (Lipinski definition) is 5. The molecular weight excluding hydrogens is 829 g/mol. The molecule has 7 aromatic rings. The van der Waals surface area contributed by atoms with Gasteiger partial charge in [-0.2, -0.15) is 0 Å². The third-order valence-electron chi connectivity index (χ3n) is 10.2. The van der Waals surface area contributed by atoms with Crippen molar-refractivity contribution in [3.05, 3.63) is 102 Å². The number of pyridine rings is 2. The van der Waals surface area contributed by atoms with Gasteiger partial charge in [-0.1, -0.05) is 59.2 Å². The normalized spacial score (nSPS) is 13.2. The summed E-state index contributed by atoms with van der Waals surface area (Å²) in [6, 6.07) is 8.26. The Hall–Kier alpha value is -6.05. The van der Waals surface area contributed by atoms with E-state index in [1.54, 1.807) is 18.3 Å². The molecule has 62 heavy (non-hydrogen) atoms. The molecule has 0 aliphatic carbocycles. The Balaban J connectivity index is 0.000000218. The van der Waals surface area contributed by atoms with Gasteiger partial charge in [0.2, 0.25) is 0 Å². The summed E-state index contributed by atoms with van der Waals surface area (Å²) in [5.41, 5.74) is 1.54. The fraction of sp³-hybridized carbons (Fsp3) is 0.349. The lowest BCUT2D eigenvalue weighted by atomic mass is 9.85. The Kier molecular flexibility index (Phi) is 13.3. The lowest BCUT2D eigenvalue weighted by molar-refractivity contribution is 0.234. The van der Waals surface area contributed by atoms with Crippen molar-refractivity contribution in [3.8, 4) is 22.8 Å². The molecule has 7 rings (SSSR count). The second-order valence-electron chi connectivity index (χ2n) is 16.9. The van der Waals surface area contributed by atoms with Crippen molar-refractivity contribution in [2.45, 2.75) is 78.3 Å². The third-order valence-corrected chi connectivity index (χ3v) is 11.8. The van der Waals surface area contributed by atoms with Crippen molar-refractivity contribution in [1.29, 1.82) is 0 Å². The van der Waals surface area contributed by atoms with Crippen molar-refractivity contribution in [1.82, 2.24) is 38.9 Å². The van der Waals surface area contributed by atoms with Crippen LogP contribution in [0, 0.1) is 41.0 Å². The van der Waals surface area contributed by atoms with Crippen LogP contribution >= 0.6 is 0 Å². The number of aliphatic hydroxyl groups is 2. The van der Waals surface area contributed by atoms with Crippen LogP contribution < -0.4 is 10.6 Å². The molecule has 0 saturated heterocycles. The first-order valence-electron chi connectivity index (χ1n) is 19.6. The van der Waals surface area contributed by atoms with E-state index in [0.717, 1.165) is 40.4 Å². The molecule has 1 aromatic carbocycles. The second-order valence-corrected chi connectivity index (χ2v) is 18.7. The van der Waals surface area contributed by atoms with Crippen LogP contribution in [-0.2, 0) is 10.0 Å². The molecule has 0 aliphatic rings. The van der Waals surface area contributed by atoms with Crippen molar-refractivity contribution >= 4 is 43.7 Å². The highest BCUT2D eigenvalue weighted by atomic mass is 32.2. The Bertz CT molecular complexity index is 2800. The van der Waals surface area contributed by atoms with Gasteiger partial charge in [-0.15, -0.1) is 0 Å². The van der Waals surface area contributed by atoms with E-state index in [0.29, 0.717) is 29.4 Å². The maximum Gasteiger partial charge on any atom is 0.269 e. The molecule has 0 spiro atoms. The maximum absolute atomic E-state index is 14.7. The first-order valence-corrected chi connectivity index (χ1v) is 21.1. The molecule has 2 atom stereocenters. The summed E-state index contributed by atoms with van der Waals surface area (Å²) in [4.78, 5) is 27.6. The van der Waals surface area contributed by atoms with Gasteiger partial charge in [0.15, 0.2) is 40.6 Å². The zero-order valence-corrected chi connectivity index (χ0v) is 36.0. The van der Waals surface area contributed by atoms with E-state index < -0.39 is 33.3 Å². The summed E-state index contributed by atoms with van der Waals surface area (Å²) in [7, 11) is -4.09. The van der Waals surface area contributed by atoms with Gasteiger partial charge in [-0.25, -0.2) is 59.9 Å². The van der Waals surface area contributed by atoms with Crippen molar-refractivity contribution in [3.63, 3.8) is 0 Å². The monoisotopic (exact) mass is 876 g/mol. The molecule has 6 aromatic heterocycles. The number of nitrogens with one attached hydrogen (secondary N) is 3. The van der Waals surface area contributed by atoms with Crippen LogP contribution in [0.25, 0.3) is 44.8 Å². The van der Waals surface area contributed by atoms with E-state index in [-0.39, 0.29) is 80.9 Å². The first-order chi connectivity index (χ1) is 29.2. The quantitative estimate of drug-likeness (QED) is 0.0743. The largest absolute Gasteiger partial charge is 0.396 e. The number of fused-ring (bicyclic) bond motifs is 2. The van der Waals surface area contributed by atoms with Crippen molar-refractivity contribution in [2.75, 3.05) is 23.8 Å². The number of aliphatic hydroxyl groups excluding tert-OH is 2. The highest BCUT2D eigenvalue weighted by Gasteiger charge is 2.29. The molecule has 6 heterocycles. The van der Waals surface area contributed by atoms with Gasteiger partial charge in [0.05, 0.1) is 29.7 Å². The number of rotatable bonds is 12. The minimum Gasteiger partial charge on any atom is -0.396 e. The Morgan fingerprint density at radius 3 is 1.73 bits per heavy atom. The predicted molar refractivity (Wildman–Crippen MR) is 229 cm³/mol. The van der Waals surface area contributed by atoms with Gasteiger partial charge in [-0.05, 0) is 54.9 Å². The number of anilines is 2. The number of aryl methyl sites for hydroxylation is 1. The lowest BCUT2D eigenvalue weighted by Crippen LogP contribution is -2.35. The average molecular weight is 877 g/mol. The van der Waals surface area contributed by atoms with Crippen LogP contribution in [0.3, 0.4) is 0 Å². The van der Waals surface area contributed by atoms with Gasteiger partial charge in [0.25, 0.3) is 10.0 Å². The topological polar surface area (TPSA) is 197 Å². The zero-order chi connectivity index (χ0) is 45.1. The van der Waals surface area contributed by atoms with Crippen molar-refractivity contribution in [2.24, 2.45) is 10.8 Å². The molecule has 5 N–H and O–H groups in total. The molecule has 19 heteroatoms. The number of nitrogens with zero attached hydrogens (tertiary/aromatic N) is 7. The summed E-state index contributed by atoms with van der Waals surface area (Å²) >= 11 is 0. The fourth-order valence-corrected chi connectivity index (χ4v) is 7.95.